The number of carbonyl (C=O) groups excluding carboxylic acids is 1. The molecule has 3 rings (SSSR count). The van der Waals surface area contributed by atoms with Crippen LogP contribution in [-0.4, -0.2) is 20.0 Å². The van der Waals surface area contributed by atoms with E-state index >= 15 is 0 Å². The molecule has 0 unspecified atom stereocenters. The number of nitrogens with zero attached hydrogens (tertiary/aromatic N) is 3. The average molecular weight is 393 g/mol. The number of nitrogens with one attached hydrogen (secondary N) is 1. The summed E-state index contributed by atoms with van der Waals surface area (Å²) < 4.78 is 2.25. The second-order valence-corrected chi connectivity index (χ2v) is 6.54. The first-order valence-corrected chi connectivity index (χ1v) is 8.33. The molecule has 0 saturated carbocycles. The molecular formula is C17H14Cl2N4O3. The first-order chi connectivity index (χ1) is 12.3. The molecule has 0 bridgehead atoms. The molecule has 0 aliphatic heterocycles. The number of rotatable bonds is 3. The molecule has 0 saturated heterocycles. The van der Waals surface area contributed by atoms with Crippen LogP contribution >= 0.6 is 23.2 Å². The first-order valence-electron chi connectivity index (χ1n) is 7.58. The van der Waals surface area contributed by atoms with Crippen molar-refractivity contribution in [2.75, 3.05) is 5.32 Å². The van der Waals surface area contributed by atoms with E-state index in [-0.39, 0.29) is 23.4 Å². The van der Waals surface area contributed by atoms with E-state index in [0.717, 1.165) is 4.57 Å². The minimum Gasteiger partial charge on any atom is -0.324 e. The second-order valence-electron chi connectivity index (χ2n) is 5.73. The van der Waals surface area contributed by atoms with Crippen molar-refractivity contribution >= 4 is 45.8 Å². The van der Waals surface area contributed by atoms with Crippen molar-refractivity contribution in [1.82, 2.24) is 14.1 Å². The number of halogens is 2. The van der Waals surface area contributed by atoms with E-state index in [1.165, 1.54) is 30.9 Å². The molecule has 134 valence electrons. The molecule has 1 N–H and O–H groups in total. The van der Waals surface area contributed by atoms with Gasteiger partial charge in [0.05, 0.1) is 23.7 Å². The number of hydrogen-bond acceptors (Lipinski definition) is 4. The van der Waals surface area contributed by atoms with E-state index < -0.39 is 11.2 Å². The topological polar surface area (TPSA) is 86.0 Å². The molecule has 0 aliphatic rings. The van der Waals surface area contributed by atoms with Gasteiger partial charge in [0.1, 0.15) is 5.65 Å². The number of pyridine rings is 1. The highest BCUT2D eigenvalue weighted by Gasteiger charge is 2.14. The van der Waals surface area contributed by atoms with Gasteiger partial charge in [-0.25, -0.2) is 9.78 Å². The van der Waals surface area contributed by atoms with Crippen LogP contribution in [0.1, 0.15) is 5.56 Å². The summed E-state index contributed by atoms with van der Waals surface area (Å²) in [5, 5.41) is 3.68. The summed E-state index contributed by atoms with van der Waals surface area (Å²) in [6.07, 6.45) is 1.36. The number of aromatic nitrogens is 3. The summed E-state index contributed by atoms with van der Waals surface area (Å²) in [4.78, 5) is 40.6. The Labute approximate surface area is 157 Å². The summed E-state index contributed by atoms with van der Waals surface area (Å²) in [5.41, 5.74) is 0.132. The molecule has 26 heavy (non-hydrogen) atoms. The standard InChI is InChI=1S/C17H14Cl2N4O3/c1-22-15-11(16(25)23(2)17(22)26)6-9(8-20-15)21-14(24)7-10-12(18)4-3-5-13(10)19/h3-6,8H,7H2,1-2H3,(H,21,24). The monoisotopic (exact) mass is 392 g/mol. The Morgan fingerprint density at radius 3 is 2.46 bits per heavy atom. The predicted octanol–water partition coefficient (Wildman–Crippen LogP) is 2.12. The van der Waals surface area contributed by atoms with Gasteiger partial charge in [0, 0.05) is 24.1 Å². The van der Waals surface area contributed by atoms with Crippen LogP contribution < -0.4 is 16.6 Å². The maximum atomic E-state index is 12.3. The van der Waals surface area contributed by atoms with E-state index in [4.69, 9.17) is 23.2 Å². The zero-order valence-corrected chi connectivity index (χ0v) is 15.4. The Morgan fingerprint density at radius 1 is 1.15 bits per heavy atom. The van der Waals surface area contributed by atoms with Crippen LogP contribution in [0, 0.1) is 0 Å². The molecule has 0 fully saturated rings. The largest absolute Gasteiger partial charge is 0.332 e. The molecule has 0 aliphatic carbocycles. The summed E-state index contributed by atoms with van der Waals surface area (Å²) in [5.74, 6) is -0.359. The normalized spacial score (nSPS) is 10.9. The number of fused-ring (bicyclic) bond motifs is 1. The molecule has 2 aromatic heterocycles. The van der Waals surface area contributed by atoms with Crippen molar-refractivity contribution < 1.29 is 4.79 Å². The zero-order valence-electron chi connectivity index (χ0n) is 13.9. The Morgan fingerprint density at radius 2 is 1.81 bits per heavy atom. The van der Waals surface area contributed by atoms with Crippen LogP contribution in [0.25, 0.3) is 11.0 Å². The van der Waals surface area contributed by atoms with Crippen molar-refractivity contribution in [2.45, 2.75) is 6.42 Å². The highest BCUT2D eigenvalue weighted by molar-refractivity contribution is 6.36. The minimum absolute atomic E-state index is 0.0260. The molecule has 0 radical (unpaired) electrons. The van der Waals surface area contributed by atoms with Crippen LogP contribution in [0.15, 0.2) is 40.1 Å². The molecule has 9 heteroatoms. The summed E-state index contributed by atoms with van der Waals surface area (Å²) >= 11 is 12.1. The van der Waals surface area contributed by atoms with Gasteiger partial charge < -0.3 is 5.32 Å². The van der Waals surface area contributed by atoms with Crippen molar-refractivity contribution in [3.05, 3.63) is 66.9 Å². The van der Waals surface area contributed by atoms with E-state index in [1.54, 1.807) is 18.2 Å². The van der Waals surface area contributed by atoms with Crippen molar-refractivity contribution in [1.29, 1.82) is 0 Å². The van der Waals surface area contributed by atoms with Crippen molar-refractivity contribution in [2.24, 2.45) is 14.1 Å². The van der Waals surface area contributed by atoms with E-state index in [1.807, 2.05) is 0 Å². The lowest BCUT2D eigenvalue weighted by molar-refractivity contribution is -0.115. The molecule has 7 nitrogen and oxygen atoms in total. The second kappa shape index (κ2) is 6.93. The van der Waals surface area contributed by atoms with Gasteiger partial charge in [0.25, 0.3) is 5.56 Å². The van der Waals surface area contributed by atoms with Gasteiger partial charge in [0.15, 0.2) is 0 Å². The molecule has 2 heterocycles. The van der Waals surface area contributed by atoms with Gasteiger partial charge in [0.2, 0.25) is 5.91 Å². The highest BCUT2D eigenvalue weighted by atomic mass is 35.5. The van der Waals surface area contributed by atoms with Crippen LogP contribution in [0.3, 0.4) is 0 Å². The third kappa shape index (κ3) is 3.23. The van der Waals surface area contributed by atoms with E-state index in [0.29, 0.717) is 21.3 Å². The summed E-state index contributed by atoms with van der Waals surface area (Å²) in [7, 11) is 2.91. The number of hydrogen-bond donors (Lipinski definition) is 1. The van der Waals surface area contributed by atoms with E-state index in [2.05, 4.69) is 10.3 Å². The fourth-order valence-electron chi connectivity index (χ4n) is 2.60. The summed E-state index contributed by atoms with van der Waals surface area (Å²) in [6, 6.07) is 6.48. The Kier molecular flexibility index (Phi) is 4.84. The van der Waals surface area contributed by atoms with E-state index in [9.17, 15) is 14.4 Å². The van der Waals surface area contributed by atoms with Gasteiger partial charge >= 0.3 is 5.69 Å². The Balaban J connectivity index is 1.93. The van der Waals surface area contributed by atoms with Crippen LogP contribution in [-0.2, 0) is 25.3 Å². The summed E-state index contributed by atoms with van der Waals surface area (Å²) in [6.45, 7) is 0. The van der Waals surface area contributed by atoms with Crippen LogP contribution in [0.5, 0.6) is 0 Å². The Hall–Kier alpha value is -2.64. The molecule has 1 aromatic carbocycles. The number of aryl methyl sites for hydroxylation is 1. The molecule has 0 atom stereocenters. The van der Waals surface area contributed by atoms with Crippen molar-refractivity contribution in [3.63, 3.8) is 0 Å². The van der Waals surface area contributed by atoms with Gasteiger partial charge in [-0.2, -0.15) is 0 Å². The molecular weight excluding hydrogens is 379 g/mol. The molecule has 3 aromatic rings. The minimum atomic E-state index is -0.485. The smallest absolute Gasteiger partial charge is 0.324 e. The fourth-order valence-corrected chi connectivity index (χ4v) is 3.13. The number of carbonyl (C=O) groups is 1. The maximum Gasteiger partial charge on any atom is 0.332 e. The van der Waals surface area contributed by atoms with Gasteiger partial charge in [-0.1, -0.05) is 29.3 Å². The average Bonchev–Trinajstić information content (AvgIpc) is 2.61. The first kappa shape index (κ1) is 18.2. The van der Waals surface area contributed by atoms with Crippen LogP contribution in [0.4, 0.5) is 5.69 Å². The van der Waals surface area contributed by atoms with Crippen molar-refractivity contribution in [3.8, 4) is 0 Å². The Bertz CT molecular complexity index is 1130. The predicted molar refractivity (Wildman–Crippen MR) is 101 cm³/mol. The maximum absolute atomic E-state index is 12.3. The highest BCUT2D eigenvalue weighted by Crippen LogP contribution is 2.25. The number of amides is 1. The third-order valence-corrected chi connectivity index (χ3v) is 4.68. The fraction of sp³-hybridized carbons (Fsp3) is 0.176. The number of anilines is 1. The SMILES string of the molecule is Cn1c(=O)c2cc(NC(=O)Cc3c(Cl)cccc3Cl)cnc2n(C)c1=O. The van der Waals surface area contributed by atoms with Crippen LogP contribution in [0.2, 0.25) is 10.0 Å². The molecule has 1 amide bonds. The number of benzene rings is 1. The lowest BCUT2D eigenvalue weighted by atomic mass is 10.1. The lowest BCUT2D eigenvalue weighted by Crippen LogP contribution is -2.37. The zero-order chi connectivity index (χ0) is 19.0. The van der Waals surface area contributed by atoms with Gasteiger partial charge in [-0.05, 0) is 23.8 Å². The lowest BCUT2D eigenvalue weighted by Gasteiger charge is -2.10. The quantitative estimate of drug-likeness (QED) is 0.739. The van der Waals surface area contributed by atoms with Gasteiger partial charge in [-0.3, -0.25) is 18.7 Å². The molecule has 0 spiro atoms. The van der Waals surface area contributed by atoms with Gasteiger partial charge in [-0.15, -0.1) is 0 Å². The third-order valence-electron chi connectivity index (χ3n) is 3.98.